The number of rotatable bonds is 5. The summed E-state index contributed by atoms with van der Waals surface area (Å²) in [5, 5.41) is 27.4. The lowest BCUT2D eigenvalue weighted by atomic mass is 9.73. The predicted molar refractivity (Wildman–Crippen MR) is 89.4 cm³/mol. The van der Waals surface area contributed by atoms with Crippen molar-refractivity contribution >= 4 is 5.97 Å². The zero-order valence-corrected chi connectivity index (χ0v) is 14.1. The van der Waals surface area contributed by atoms with Gasteiger partial charge in [0.25, 0.3) is 0 Å². The van der Waals surface area contributed by atoms with Gasteiger partial charge in [-0.15, -0.1) is 0 Å². The number of aromatic nitrogens is 2. The van der Waals surface area contributed by atoms with E-state index < -0.39 is 23.3 Å². The van der Waals surface area contributed by atoms with Gasteiger partial charge in [0, 0.05) is 25.3 Å². The maximum Gasteiger partial charge on any atom is 0.313 e. The molecule has 3 N–H and O–H groups in total. The predicted octanol–water partition coefficient (Wildman–Crippen LogP) is 1.74. The summed E-state index contributed by atoms with van der Waals surface area (Å²) >= 11 is 0. The molecule has 1 aromatic heterocycles. The molecule has 1 aliphatic rings. The van der Waals surface area contributed by atoms with Gasteiger partial charge in [0.15, 0.2) is 0 Å². The fraction of sp³-hybridized carbons (Fsp3) is 0.444. The summed E-state index contributed by atoms with van der Waals surface area (Å²) in [7, 11) is 0. The highest BCUT2D eigenvalue weighted by Gasteiger charge is 2.49. The molecule has 0 spiro atoms. The second kappa shape index (κ2) is 6.93. The smallest absolute Gasteiger partial charge is 0.313 e. The van der Waals surface area contributed by atoms with Crippen LogP contribution in [0.2, 0.25) is 0 Å². The van der Waals surface area contributed by atoms with Crippen LogP contribution in [0.5, 0.6) is 0 Å². The summed E-state index contributed by atoms with van der Waals surface area (Å²) < 4.78 is 13.5. The van der Waals surface area contributed by atoms with E-state index in [0.29, 0.717) is 25.1 Å². The standard InChI is InChI=1S/C18H22FN3O3/c1-12-7-15(21-20-12)10-22-6-5-16(23)18(11-22,17(24)25)9-13-3-2-4-14(19)8-13/h2-4,7-8,16,23H,5-6,9-11H2,1H3,(H,20,21)(H,24,25)/t16-,18+/m0/s1. The monoisotopic (exact) mass is 347 g/mol. The lowest BCUT2D eigenvalue weighted by molar-refractivity contribution is -0.163. The first-order valence-corrected chi connectivity index (χ1v) is 8.28. The number of carboxylic acids is 1. The summed E-state index contributed by atoms with van der Waals surface area (Å²) in [5.41, 5.74) is 0.978. The number of benzene rings is 1. The lowest BCUT2D eigenvalue weighted by Gasteiger charge is -2.43. The van der Waals surface area contributed by atoms with E-state index in [0.717, 1.165) is 11.4 Å². The summed E-state index contributed by atoms with van der Waals surface area (Å²) in [6, 6.07) is 7.81. The van der Waals surface area contributed by atoms with Crippen molar-refractivity contribution in [1.82, 2.24) is 15.1 Å². The molecule has 1 aromatic carbocycles. The Hall–Kier alpha value is -2.25. The highest BCUT2D eigenvalue weighted by Crippen LogP contribution is 2.35. The normalized spacial score (nSPS) is 24.4. The van der Waals surface area contributed by atoms with Crippen LogP contribution in [0.25, 0.3) is 0 Å². The molecule has 3 rings (SSSR count). The molecule has 6 nitrogen and oxygen atoms in total. The quantitative estimate of drug-likeness (QED) is 0.767. The van der Waals surface area contributed by atoms with E-state index in [4.69, 9.17) is 0 Å². The fourth-order valence-electron chi connectivity index (χ4n) is 3.55. The van der Waals surface area contributed by atoms with Crippen LogP contribution < -0.4 is 0 Å². The Bertz CT molecular complexity index is 764. The van der Waals surface area contributed by atoms with Crippen LogP contribution in [0.15, 0.2) is 30.3 Å². The number of carbonyl (C=O) groups is 1. The third-order valence-electron chi connectivity index (χ3n) is 4.84. The molecule has 2 heterocycles. The summed E-state index contributed by atoms with van der Waals surface area (Å²) in [5.74, 6) is -1.47. The molecule has 0 radical (unpaired) electrons. The topological polar surface area (TPSA) is 89.4 Å². The molecule has 2 aromatic rings. The van der Waals surface area contributed by atoms with E-state index in [1.807, 2.05) is 17.9 Å². The minimum absolute atomic E-state index is 0.0807. The van der Waals surface area contributed by atoms with Gasteiger partial charge in [-0.2, -0.15) is 5.10 Å². The number of carboxylic acid groups (broad SMARTS) is 1. The Kier molecular flexibility index (Phi) is 4.87. The Labute approximate surface area is 145 Å². The number of nitrogens with zero attached hydrogens (tertiary/aromatic N) is 2. The van der Waals surface area contributed by atoms with Crippen LogP contribution in [-0.2, 0) is 17.8 Å². The van der Waals surface area contributed by atoms with Crippen LogP contribution in [0.1, 0.15) is 23.4 Å². The van der Waals surface area contributed by atoms with Crippen molar-refractivity contribution in [2.45, 2.75) is 32.4 Å². The zero-order valence-electron chi connectivity index (χ0n) is 14.1. The van der Waals surface area contributed by atoms with Gasteiger partial charge in [0.1, 0.15) is 11.2 Å². The zero-order chi connectivity index (χ0) is 18.0. The van der Waals surface area contributed by atoms with Crippen molar-refractivity contribution in [2.24, 2.45) is 5.41 Å². The number of piperidine rings is 1. The first-order chi connectivity index (χ1) is 11.9. The number of aromatic amines is 1. The number of aliphatic hydroxyl groups excluding tert-OH is 1. The van der Waals surface area contributed by atoms with E-state index in [-0.39, 0.29) is 13.0 Å². The molecule has 25 heavy (non-hydrogen) atoms. The number of halogens is 1. The molecule has 134 valence electrons. The average molecular weight is 347 g/mol. The van der Waals surface area contributed by atoms with Crippen LogP contribution in [0.3, 0.4) is 0 Å². The largest absolute Gasteiger partial charge is 0.481 e. The third kappa shape index (κ3) is 3.72. The summed E-state index contributed by atoms with van der Waals surface area (Å²) in [6.45, 7) is 3.19. The van der Waals surface area contributed by atoms with E-state index in [2.05, 4.69) is 10.2 Å². The molecule has 0 saturated carbocycles. The molecule has 1 aliphatic heterocycles. The maximum atomic E-state index is 13.5. The van der Waals surface area contributed by atoms with Crippen molar-refractivity contribution in [3.63, 3.8) is 0 Å². The number of aliphatic hydroxyl groups is 1. The Morgan fingerprint density at radius 2 is 2.28 bits per heavy atom. The fourth-order valence-corrected chi connectivity index (χ4v) is 3.55. The maximum absolute atomic E-state index is 13.5. The van der Waals surface area contributed by atoms with Crippen LogP contribution in [-0.4, -0.2) is 50.5 Å². The molecule has 0 aliphatic carbocycles. The van der Waals surface area contributed by atoms with Crippen molar-refractivity contribution in [3.8, 4) is 0 Å². The molecule has 1 saturated heterocycles. The first kappa shape index (κ1) is 17.6. The van der Waals surface area contributed by atoms with Crippen molar-refractivity contribution < 1.29 is 19.4 Å². The van der Waals surface area contributed by atoms with Crippen LogP contribution >= 0.6 is 0 Å². The molecule has 0 amide bonds. The van der Waals surface area contributed by atoms with E-state index in [9.17, 15) is 19.4 Å². The number of likely N-dealkylation sites (tertiary alicyclic amines) is 1. The molecule has 0 unspecified atom stereocenters. The van der Waals surface area contributed by atoms with Gasteiger partial charge in [-0.25, -0.2) is 4.39 Å². The number of aryl methyl sites for hydroxylation is 1. The van der Waals surface area contributed by atoms with Crippen molar-refractivity contribution in [2.75, 3.05) is 13.1 Å². The van der Waals surface area contributed by atoms with Gasteiger partial charge in [-0.1, -0.05) is 12.1 Å². The lowest BCUT2D eigenvalue weighted by Crippen LogP contribution is -2.56. The second-order valence-electron chi connectivity index (χ2n) is 6.83. The minimum atomic E-state index is -1.36. The molecule has 2 atom stereocenters. The average Bonchev–Trinajstić information content (AvgIpc) is 2.95. The van der Waals surface area contributed by atoms with E-state index in [1.54, 1.807) is 12.1 Å². The van der Waals surface area contributed by atoms with Gasteiger partial charge in [0.2, 0.25) is 0 Å². The molecular formula is C18H22FN3O3. The Morgan fingerprint density at radius 1 is 1.48 bits per heavy atom. The van der Waals surface area contributed by atoms with Gasteiger partial charge in [-0.05, 0) is 43.5 Å². The second-order valence-corrected chi connectivity index (χ2v) is 6.83. The van der Waals surface area contributed by atoms with Gasteiger partial charge < -0.3 is 10.2 Å². The summed E-state index contributed by atoms with van der Waals surface area (Å²) in [4.78, 5) is 14.1. The van der Waals surface area contributed by atoms with E-state index in [1.165, 1.54) is 12.1 Å². The van der Waals surface area contributed by atoms with E-state index >= 15 is 0 Å². The molecule has 0 bridgehead atoms. The highest BCUT2D eigenvalue weighted by molar-refractivity contribution is 5.76. The number of aliphatic carboxylic acids is 1. The van der Waals surface area contributed by atoms with Gasteiger partial charge in [-0.3, -0.25) is 14.8 Å². The first-order valence-electron chi connectivity index (χ1n) is 8.28. The number of nitrogens with one attached hydrogen (secondary N) is 1. The van der Waals surface area contributed by atoms with Gasteiger partial charge in [0.05, 0.1) is 11.8 Å². The Balaban J connectivity index is 1.83. The highest BCUT2D eigenvalue weighted by atomic mass is 19.1. The van der Waals surface area contributed by atoms with Gasteiger partial charge >= 0.3 is 5.97 Å². The third-order valence-corrected chi connectivity index (χ3v) is 4.84. The van der Waals surface area contributed by atoms with Crippen molar-refractivity contribution in [1.29, 1.82) is 0 Å². The SMILES string of the molecule is Cc1cc(CN2CC[C@H](O)[C@](Cc3cccc(F)c3)(C(=O)O)C2)n[nH]1. The van der Waals surface area contributed by atoms with Crippen molar-refractivity contribution in [3.05, 3.63) is 53.1 Å². The number of hydrogen-bond donors (Lipinski definition) is 3. The number of hydrogen-bond acceptors (Lipinski definition) is 4. The molecule has 1 fully saturated rings. The molecule has 7 heteroatoms. The Morgan fingerprint density at radius 3 is 2.92 bits per heavy atom. The summed E-state index contributed by atoms with van der Waals surface area (Å²) in [6.07, 6.45) is -0.548. The number of H-pyrrole nitrogens is 1. The minimum Gasteiger partial charge on any atom is -0.481 e. The van der Waals surface area contributed by atoms with Crippen LogP contribution in [0, 0.1) is 18.2 Å². The molecular weight excluding hydrogens is 325 g/mol. The van der Waals surface area contributed by atoms with Crippen LogP contribution in [0.4, 0.5) is 4.39 Å².